The number of allylic oxidation sites excluding steroid dienone is 3. The summed E-state index contributed by atoms with van der Waals surface area (Å²) in [6.07, 6.45) is 88.6. The Morgan fingerprint density at radius 1 is 0.338 bits per heavy atom. The summed E-state index contributed by atoms with van der Waals surface area (Å²) >= 11 is 0. The Labute approximate surface area is 501 Å². The summed E-state index contributed by atoms with van der Waals surface area (Å²) < 4.78 is 5.51. The van der Waals surface area contributed by atoms with Gasteiger partial charge in [0.2, 0.25) is 5.91 Å². The number of hydrogen-bond donors (Lipinski definition) is 3. The molecule has 0 aliphatic carbocycles. The van der Waals surface area contributed by atoms with E-state index in [9.17, 15) is 19.8 Å². The van der Waals surface area contributed by atoms with Crippen molar-refractivity contribution in [2.24, 2.45) is 0 Å². The van der Waals surface area contributed by atoms with Gasteiger partial charge >= 0.3 is 5.97 Å². The number of carbonyl (C=O) groups excluding carboxylic acids is 2. The summed E-state index contributed by atoms with van der Waals surface area (Å²) in [6, 6.07) is -0.623. The van der Waals surface area contributed by atoms with Crippen LogP contribution in [0, 0.1) is 0 Å². The molecule has 0 heterocycles. The molecule has 1 amide bonds. The molecule has 6 heteroatoms. The molecule has 0 spiro atoms. The highest BCUT2D eigenvalue weighted by atomic mass is 16.5. The quantitative estimate of drug-likeness (QED) is 0.0320. The van der Waals surface area contributed by atoms with Crippen LogP contribution in [-0.2, 0) is 14.3 Å². The monoisotopic (exact) mass is 1130 g/mol. The van der Waals surface area contributed by atoms with E-state index >= 15 is 0 Å². The maximum absolute atomic E-state index is 12.5. The minimum atomic E-state index is -0.839. The molecule has 6 nitrogen and oxygen atoms in total. The molecule has 0 bridgehead atoms. The van der Waals surface area contributed by atoms with E-state index in [4.69, 9.17) is 4.74 Å². The van der Waals surface area contributed by atoms with Gasteiger partial charge in [0.05, 0.1) is 25.4 Å². The molecule has 0 saturated carbocycles. The summed E-state index contributed by atoms with van der Waals surface area (Å²) in [6.45, 7) is 4.93. The molecule has 3 N–H and O–H groups in total. The third-order valence-electron chi connectivity index (χ3n) is 17.2. The van der Waals surface area contributed by atoms with Crippen LogP contribution in [0.2, 0.25) is 0 Å². The fourth-order valence-corrected chi connectivity index (χ4v) is 11.6. The Kier molecular flexibility index (Phi) is 68.4. The molecular formula is C74H143NO5. The van der Waals surface area contributed by atoms with Gasteiger partial charge in [-0.1, -0.05) is 366 Å². The van der Waals surface area contributed by atoms with Gasteiger partial charge in [0.1, 0.15) is 0 Å². The third kappa shape index (κ3) is 65.5. The normalized spacial score (nSPS) is 12.6. The van der Waals surface area contributed by atoms with Crippen LogP contribution in [0.3, 0.4) is 0 Å². The number of nitrogens with one attached hydrogen (secondary N) is 1. The van der Waals surface area contributed by atoms with Gasteiger partial charge in [-0.15, -0.1) is 0 Å². The number of unbranched alkanes of at least 4 members (excludes halogenated alkanes) is 56. The van der Waals surface area contributed by atoms with E-state index in [1.807, 2.05) is 6.08 Å². The molecule has 0 aliphatic heterocycles. The summed E-state index contributed by atoms with van der Waals surface area (Å²) in [4.78, 5) is 24.6. The van der Waals surface area contributed by atoms with Crippen molar-refractivity contribution in [2.45, 2.75) is 424 Å². The first-order chi connectivity index (χ1) is 39.5. The largest absolute Gasteiger partial charge is 0.466 e. The number of amides is 1. The standard InChI is InChI=1S/C74H143NO5/c1-3-5-7-9-11-13-15-17-18-19-38-41-44-48-52-56-60-64-68-74(79)80-69-65-61-57-53-49-45-42-39-36-34-32-30-28-26-24-22-20-21-23-25-27-29-31-33-35-37-40-43-47-51-55-59-63-67-73(78)75-71(70-76)72(77)66-62-58-54-50-46-16-14-12-10-8-6-4-2/h18-19,62,66,71-72,76-77H,3-17,20-61,63-65,67-70H2,1-2H3,(H,75,78)/b19-18-,66-62+. The zero-order valence-electron chi connectivity index (χ0n) is 54.3. The smallest absolute Gasteiger partial charge is 0.305 e. The van der Waals surface area contributed by atoms with Crippen LogP contribution in [0.15, 0.2) is 24.3 Å². The van der Waals surface area contributed by atoms with E-state index in [0.29, 0.717) is 19.4 Å². The molecule has 0 aliphatic rings. The van der Waals surface area contributed by atoms with Gasteiger partial charge in [-0.05, 0) is 57.8 Å². The Morgan fingerprint density at radius 2 is 0.588 bits per heavy atom. The fraction of sp³-hybridized carbons (Fsp3) is 0.919. The van der Waals surface area contributed by atoms with Gasteiger partial charge in [-0.3, -0.25) is 9.59 Å². The molecule has 0 saturated heterocycles. The molecule has 0 aromatic rings. The van der Waals surface area contributed by atoms with Crippen LogP contribution in [0.1, 0.15) is 412 Å². The molecule has 2 atom stereocenters. The highest BCUT2D eigenvalue weighted by Gasteiger charge is 2.18. The van der Waals surface area contributed by atoms with Gasteiger partial charge in [0, 0.05) is 12.8 Å². The average Bonchev–Trinajstić information content (AvgIpc) is 3.46. The van der Waals surface area contributed by atoms with Crippen molar-refractivity contribution >= 4 is 11.9 Å². The predicted molar refractivity (Wildman–Crippen MR) is 352 cm³/mol. The fourth-order valence-electron chi connectivity index (χ4n) is 11.6. The molecule has 0 radical (unpaired) electrons. The van der Waals surface area contributed by atoms with Crippen LogP contribution < -0.4 is 5.32 Å². The molecule has 0 aromatic heterocycles. The van der Waals surface area contributed by atoms with E-state index in [1.54, 1.807) is 6.08 Å². The molecule has 0 rings (SSSR count). The summed E-state index contributed by atoms with van der Waals surface area (Å²) in [5, 5.41) is 23.1. The van der Waals surface area contributed by atoms with Gasteiger partial charge in [0.15, 0.2) is 0 Å². The summed E-state index contributed by atoms with van der Waals surface area (Å²) in [7, 11) is 0. The van der Waals surface area contributed by atoms with Crippen molar-refractivity contribution in [3.8, 4) is 0 Å². The van der Waals surface area contributed by atoms with Crippen molar-refractivity contribution in [3.63, 3.8) is 0 Å². The number of aliphatic hydroxyl groups is 2. The molecule has 2 unspecified atom stereocenters. The van der Waals surface area contributed by atoms with E-state index in [0.717, 1.165) is 38.5 Å². The molecular weight excluding hydrogens is 983 g/mol. The lowest BCUT2D eigenvalue weighted by atomic mass is 10.0. The summed E-state index contributed by atoms with van der Waals surface area (Å²) in [5.41, 5.74) is 0. The second kappa shape index (κ2) is 69.8. The lowest BCUT2D eigenvalue weighted by molar-refractivity contribution is -0.143. The highest BCUT2D eigenvalue weighted by Crippen LogP contribution is 2.19. The average molecular weight is 1130 g/mol. The van der Waals surface area contributed by atoms with Gasteiger partial charge < -0.3 is 20.3 Å². The zero-order chi connectivity index (χ0) is 57.8. The number of rotatable bonds is 69. The van der Waals surface area contributed by atoms with Crippen molar-refractivity contribution in [1.29, 1.82) is 0 Å². The Balaban J connectivity index is 3.30. The third-order valence-corrected chi connectivity index (χ3v) is 17.2. The minimum Gasteiger partial charge on any atom is -0.466 e. The molecule has 80 heavy (non-hydrogen) atoms. The molecule has 0 fully saturated rings. The first kappa shape index (κ1) is 78.3. The number of aliphatic hydroxyl groups excluding tert-OH is 2. The number of carbonyl (C=O) groups is 2. The van der Waals surface area contributed by atoms with Crippen LogP contribution in [0.25, 0.3) is 0 Å². The highest BCUT2D eigenvalue weighted by molar-refractivity contribution is 5.76. The maximum atomic E-state index is 12.5. The lowest BCUT2D eigenvalue weighted by Gasteiger charge is -2.20. The number of esters is 1. The van der Waals surface area contributed by atoms with Crippen molar-refractivity contribution < 1.29 is 24.5 Å². The Morgan fingerprint density at radius 3 is 0.887 bits per heavy atom. The van der Waals surface area contributed by atoms with Crippen LogP contribution in [-0.4, -0.2) is 47.4 Å². The van der Waals surface area contributed by atoms with Crippen LogP contribution >= 0.6 is 0 Å². The van der Waals surface area contributed by atoms with E-state index in [-0.39, 0.29) is 18.5 Å². The number of ether oxygens (including phenoxy) is 1. The van der Waals surface area contributed by atoms with Gasteiger partial charge in [-0.2, -0.15) is 0 Å². The van der Waals surface area contributed by atoms with E-state index < -0.39 is 12.1 Å². The SMILES string of the molecule is CCCCCCCCC/C=C\CCCCCCCCCC(=O)OCCCCCCCCCCCCCCCCCCCCCCCCCCCCCCCCCCCC(=O)NC(CO)C(O)/C=C/CCCCCCCCCCCC. The van der Waals surface area contributed by atoms with E-state index in [2.05, 4.69) is 31.3 Å². The minimum absolute atomic E-state index is 0.0192. The topological polar surface area (TPSA) is 95.9 Å². The lowest BCUT2D eigenvalue weighted by Crippen LogP contribution is -2.45. The van der Waals surface area contributed by atoms with Crippen LogP contribution in [0.5, 0.6) is 0 Å². The molecule has 474 valence electrons. The maximum Gasteiger partial charge on any atom is 0.305 e. The second-order valence-electron chi connectivity index (χ2n) is 25.3. The summed E-state index contributed by atoms with van der Waals surface area (Å²) in [5.74, 6) is -0.0427. The van der Waals surface area contributed by atoms with Gasteiger partial charge in [-0.25, -0.2) is 0 Å². The Bertz CT molecular complexity index is 1250. The Hall–Kier alpha value is -1.66. The van der Waals surface area contributed by atoms with Crippen LogP contribution in [0.4, 0.5) is 0 Å². The van der Waals surface area contributed by atoms with Gasteiger partial charge in [0.25, 0.3) is 0 Å². The van der Waals surface area contributed by atoms with Crippen molar-refractivity contribution in [1.82, 2.24) is 5.32 Å². The second-order valence-corrected chi connectivity index (χ2v) is 25.3. The first-order valence-corrected chi connectivity index (χ1v) is 36.6. The number of hydrogen-bond acceptors (Lipinski definition) is 5. The first-order valence-electron chi connectivity index (χ1n) is 36.6. The van der Waals surface area contributed by atoms with Crippen molar-refractivity contribution in [2.75, 3.05) is 13.2 Å². The zero-order valence-corrected chi connectivity index (χ0v) is 54.3. The van der Waals surface area contributed by atoms with E-state index in [1.165, 1.54) is 347 Å². The predicted octanol–water partition coefficient (Wildman–Crippen LogP) is 23.7. The molecule has 0 aromatic carbocycles. The van der Waals surface area contributed by atoms with Crippen molar-refractivity contribution in [3.05, 3.63) is 24.3 Å².